The standard InChI is InChI=1S/C46H87NO12S/c1-3-5-7-9-11-13-15-17-19-20-21-23-24-26-28-30-32-34-39(49)38(37-57-46-43(52)44(59-60(54,55)56)42(51)41(36-48)58-46)47-45(53)40(50)35-33-31-29-27-25-22-18-16-14-12-10-8-6-4-2/h12,14,16,18,38-44,46,48-52H,3-11,13,15,17,19-37H2,1-2H3,(H,47,53)(H,54,55,56)/b14-12-,18-16-. The van der Waals surface area contributed by atoms with Crippen molar-refractivity contribution in [3.8, 4) is 0 Å². The SMILES string of the molecule is CCCCC/C=C\C=C/CCCCCCCC(O)C(=O)NC(COC1OC(CO)C(O)C(OS(=O)(=O)O)C1O)C(O)CCCCCCCCCCCCCCCCCCC. The number of allylic oxidation sites excluding steroid dienone is 4. The van der Waals surface area contributed by atoms with E-state index < -0.39 is 78.5 Å². The third-order valence-electron chi connectivity index (χ3n) is 11.4. The van der Waals surface area contributed by atoms with Gasteiger partial charge in [-0.2, -0.15) is 8.42 Å². The zero-order valence-electron chi connectivity index (χ0n) is 37.4. The topological polar surface area (TPSA) is 212 Å². The molecule has 1 rings (SSSR count). The van der Waals surface area contributed by atoms with Crippen LogP contribution in [-0.4, -0.2) is 107 Å². The first-order valence-corrected chi connectivity index (χ1v) is 25.2. The summed E-state index contributed by atoms with van der Waals surface area (Å²) in [5.74, 6) is -0.681. The molecule has 1 aliphatic heterocycles. The molecule has 0 radical (unpaired) electrons. The number of hydrogen-bond donors (Lipinski definition) is 7. The lowest BCUT2D eigenvalue weighted by Crippen LogP contribution is -2.61. The highest BCUT2D eigenvalue weighted by Gasteiger charge is 2.48. The fourth-order valence-corrected chi connectivity index (χ4v) is 8.08. The van der Waals surface area contributed by atoms with Gasteiger partial charge in [-0.3, -0.25) is 9.35 Å². The Kier molecular flexibility index (Phi) is 34.8. The lowest BCUT2D eigenvalue weighted by atomic mass is 9.99. The molecule has 0 saturated carbocycles. The molecule has 13 nitrogen and oxygen atoms in total. The molecular weight excluding hydrogens is 791 g/mol. The van der Waals surface area contributed by atoms with E-state index in [0.29, 0.717) is 19.3 Å². The normalized spacial score (nSPS) is 21.5. The number of rotatable bonds is 40. The highest BCUT2D eigenvalue weighted by atomic mass is 32.3. The molecule has 0 aromatic carbocycles. The number of nitrogens with one attached hydrogen (secondary N) is 1. The van der Waals surface area contributed by atoms with Gasteiger partial charge < -0.3 is 40.3 Å². The molecule has 1 aliphatic rings. The van der Waals surface area contributed by atoms with Gasteiger partial charge in [0.25, 0.3) is 0 Å². The fourth-order valence-electron chi connectivity index (χ4n) is 7.57. The smallest absolute Gasteiger partial charge is 0.394 e. The predicted octanol–water partition coefficient (Wildman–Crippen LogP) is 8.30. The van der Waals surface area contributed by atoms with E-state index in [1.165, 1.54) is 103 Å². The molecule has 14 heteroatoms. The molecule has 8 unspecified atom stereocenters. The summed E-state index contributed by atoms with van der Waals surface area (Å²) in [6.07, 6.45) is 29.3. The van der Waals surface area contributed by atoms with Crippen molar-refractivity contribution in [3.63, 3.8) is 0 Å². The van der Waals surface area contributed by atoms with Crippen LogP contribution in [0.25, 0.3) is 0 Å². The molecule has 1 saturated heterocycles. The zero-order chi connectivity index (χ0) is 44.3. The molecule has 0 spiro atoms. The first-order valence-electron chi connectivity index (χ1n) is 23.8. The van der Waals surface area contributed by atoms with Gasteiger partial charge in [-0.05, 0) is 38.5 Å². The molecule has 0 bridgehead atoms. The van der Waals surface area contributed by atoms with Gasteiger partial charge in [-0.15, -0.1) is 0 Å². The second-order valence-corrected chi connectivity index (χ2v) is 17.9. The van der Waals surface area contributed by atoms with Gasteiger partial charge in [0.05, 0.1) is 25.4 Å². The summed E-state index contributed by atoms with van der Waals surface area (Å²) in [7, 11) is -5.11. The van der Waals surface area contributed by atoms with Crippen LogP contribution in [-0.2, 0) is 28.9 Å². The van der Waals surface area contributed by atoms with Crippen LogP contribution in [0.3, 0.4) is 0 Å². The average molecular weight is 878 g/mol. The Morgan fingerprint density at radius 2 is 1.10 bits per heavy atom. The lowest BCUT2D eigenvalue weighted by molar-refractivity contribution is -0.298. The molecule has 0 aromatic rings. The van der Waals surface area contributed by atoms with E-state index in [9.17, 15) is 43.3 Å². The molecule has 7 N–H and O–H groups in total. The monoisotopic (exact) mass is 878 g/mol. The minimum Gasteiger partial charge on any atom is -0.394 e. The van der Waals surface area contributed by atoms with Gasteiger partial charge in [0.1, 0.15) is 30.5 Å². The fraction of sp³-hybridized carbons (Fsp3) is 0.891. The molecular formula is C46H87NO12S. The zero-order valence-corrected chi connectivity index (χ0v) is 38.2. The van der Waals surface area contributed by atoms with Crippen LogP contribution in [0.1, 0.15) is 200 Å². The van der Waals surface area contributed by atoms with E-state index in [0.717, 1.165) is 57.8 Å². The Hall–Kier alpha value is -1.46. The van der Waals surface area contributed by atoms with Crippen molar-refractivity contribution < 1.29 is 57.0 Å². The summed E-state index contributed by atoms with van der Waals surface area (Å²) in [4.78, 5) is 13.1. The van der Waals surface area contributed by atoms with Crippen LogP contribution in [0.4, 0.5) is 0 Å². The first kappa shape index (κ1) is 56.6. The van der Waals surface area contributed by atoms with Crippen molar-refractivity contribution in [2.24, 2.45) is 0 Å². The minimum atomic E-state index is -5.11. The molecule has 1 fully saturated rings. The van der Waals surface area contributed by atoms with E-state index in [-0.39, 0.29) is 6.42 Å². The summed E-state index contributed by atoms with van der Waals surface area (Å²) in [5, 5.41) is 55.4. The molecule has 1 heterocycles. The summed E-state index contributed by atoms with van der Waals surface area (Å²) in [6.45, 7) is 3.24. The highest BCUT2D eigenvalue weighted by Crippen LogP contribution is 2.26. The van der Waals surface area contributed by atoms with E-state index in [2.05, 4.69) is 47.7 Å². The second kappa shape index (κ2) is 37.0. The van der Waals surface area contributed by atoms with Gasteiger partial charge in [0.15, 0.2) is 6.29 Å². The molecule has 60 heavy (non-hydrogen) atoms. The van der Waals surface area contributed by atoms with Gasteiger partial charge in [0, 0.05) is 0 Å². The van der Waals surface area contributed by atoms with Crippen molar-refractivity contribution >= 4 is 16.3 Å². The largest absolute Gasteiger partial charge is 0.397 e. The summed E-state index contributed by atoms with van der Waals surface area (Å²) in [6, 6.07) is -1.04. The number of carbonyl (C=O) groups is 1. The predicted molar refractivity (Wildman–Crippen MR) is 238 cm³/mol. The van der Waals surface area contributed by atoms with Gasteiger partial charge in [-0.1, -0.05) is 186 Å². The van der Waals surface area contributed by atoms with Crippen LogP contribution < -0.4 is 5.32 Å². The second-order valence-electron chi connectivity index (χ2n) is 16.9. The number of unbranched alkanes of at least 4 members (excludes halogenated alkanes) is 24. The van der Waals surface area contributed by atoms with Crippen molar-refractivity contribution in [2.45, 2.75) is 249 Å². The van der Waals surface area contributed by atoms with E-state index in [4.69, 9.17) is 9.47 Å². The number of aliphatic hydroxyl groups excluding tert-OH is 5. The maximum atomic E-state index is 13.1. The molecule has 0 aliphatic carbocycles. The van der Waals surface area contributed by atoms with Crippen molar-refractivity contribution in [1.82, 2.24) is 5.32 Å². The summed E-state index contributed by atoms with van der Waals surface area (Å²) < 4.78 is 47.6. The van der Waals surface area contributed by atoms with Crippen molar-refractivity contribution in [3.05, 3.63) is 24.3 Å². The Labute approximate surface area is 364 Å². The maximum Gasteiger partial charge on any atom is 0.397 e. The number of hydrogen-bond acceptors (Lipinski definition) is 11. The Balaban J connectivity index is 2.56. The average Bonchev–Trinajstić information content (AvgIpc) is 3.22. The third-order valence-corrected chi connectivity index (χ3v) is 11.9. The van der Waals surface area contributed by atoms with Gasteiger partial charge >= 0.3 is 10.4 Å². The Bertz CT molecular complexity index is 1190. The Morgan fingerprint density at radius 3 is 1.58 bits per heavy atom. The first-order chi connectivity index (χ1) is 28.9. The van der Waals surface area contributed by atoms with Crippen LogP contribution >= 0.6 is 0 Å². The Morgan fingerprint density at radius 1 is 0.667 bits per heavy atom. The van der Waals surface area contributed by atoms with Crippen LogP contribution in [0.2, 0.25) is 0 Å². The highest BCUT2D eigenvalue weighted by molar-refractivity contribution is 7.80. The van der Waals surface area contributed by atoms with Crippen LogP contribution in [0.5, 0.6) is 0 Å². The van der Waals surface area contributed by atoms with E-state index in [1.807, 2.05) is 0 Å². The summed E-state index contributed by atoms with van der Waals surface area (Å²) >= 11 is 0. The number of carbonyl (C=O) groups excluding carboxylic acids is 1. The van der Waals surface area contributed by atoms with Crippen LogP contribution in [0, 0.1) is 0 Å². The quantitative estimate of drug-likeness (QED) is 0.0176. The van der Waals surface area contributed by atoms with Gasteiger partial charge in [0.2, 0.25) is 5.91 Å². The maximum absolute atomic E-state index is 13.1. The molecule has 354 valence electrons. The third kappa shape index (κ3) is 29.0. The number of ether oxygens (including phenoxy) is 2. The lowest BCUT2D eigenvalue weighted by Gasteiger charge is -2.41. The number of aliphatic hydroxyl groups is 5. The molecule has 0 aromatic heterocycles. The minimum absolute atomic E-state index is 0.243. The van der Waals surface area contributed by atoms with Crippen molar-refractivity contribution in [1.29, 1.82) is 0 Å². The molecule has 1 amide bonds. The van der Waals surface area contributed by atoms with E-state index >= 15 is 0 Å². The van der Waals surface area contributed by atoms with Crippen molar-refractivity contribution in [2.75, 3.05) is 13.2 Å². The molecule has 8 atom stereocenters. The van der Waals surface area contributed by atoms with Gasteiger partial charge in [-0.25, -0.2) is 4.18 Å². The van der Waals surface area contributed by atoms with E-state index in [1.54, 1.807) is 0 Å². The summed E-state index contributed by atoms with van der Waals surface area (Å²) in [5.41, 5.74) is 0. The number of amides is 1. The van der Waals surface area contributed by atoms with Crippen LogP contribution in [0.15, 0.2) is 24.3 Å².